The van der Waals surface area contributed by atoms with Gasteiger partial charge in [-0.3, -0.25) is 4.79 Å². The number of phenolic OH excluding ortho intramolecular Hbond substituents is 1. The standard InChI is InChI=1S/C14H19NO3/c1-9(10-4-5-10)15(2)14(17)12-7-6-11(18-3)8-13(12)16/h6-10,16H,4-5H2,1-3H3. The van der Waals surface area contributed by atoms with Gasteiger partial charge in [-0.1, -0.05) is 0 Å². The first-order chi connectivity index (χ1) is 8.54. The molecule has 4 nitrogen and oxygen atoms in total. The van der Waals surface area contributed by atoms with Gasteiger partial charge in [0.1, 0.15) is 11.5 Å². The Labute approximate surface area is 107 Å². The van der Waals surface area contributed by atoms with Gasteiger partial charge < -0.3 is 14.7 Å². The van der Waals surface area contributed by atoms with E-state index < -0.39 is 0 Å². The number of nitrogens with zero attached hydrogens (tertiary/aromatic N) is 1. The molecule has 0 saturated heterocycles. The molecule has 1 unspecified atom stereocenters. The van der Waals surface area contributed by atoms with Gasteiger partial charge >= 0.3 is 0 Å². The van der Waals surface area contributed by atoms with Crippen molar-refractivity contribution >= 4 is 5.91 Å². The summed E-state index contributed by atoms with van der Waals surface area (Å²) in [6.45, 7) is 2.05. The lowest BCUT2D eigenvalue weighted by molar-refractivity contribution is 0.0724. The van der Waals surface area contributed by atoms with Crippen LogP contribution in [0.4, 0.5) is 0 Å². The summed E-state index contributed by atoms with van der Waals surface area (Å²) in [4.78, 5) is 14.0. The van der Waals surface area contributed by atoms with E-state index in [1.807, 2.05) is 0 Å². The molecule has 0 aromatic heterocycles. The summed E-state index contributed by atoms with van der Waals surface area (Å²) >= 11 is 0. The zero-order valence-electron chi connectivity index (χ0n) is 11.0. The van der Waals surface area contributed by atoms with Crippen molar-refractivity contribution in [2.75, 3.05) is 14.2 Å². The van der Waals surface area contributed by atoms with E-state index in [1.54, 1.807) is 24.1 Å². The first-order valence-electron chi connectivity index (χ1n) is 6.18. The second kappa shape index (κ2) is 4.88. The van der Waals surface area contributed by atoms with Crippen LogP contribution in [0.3, 0.4) is 0 Å². The topological polar surface area (TPSA) is 49.8 Å². The number of methoxy groups -OCH3 is 1. The molecule has 18 heavy (non-hydrogen) atoms. The monoisotopic (exact) mass is 249 g/mol. The number of rotatable bonds is 4. The maximum absolute atomic E-state index is 12.3. The van der Waals surface area contributed by atoms with Gasteiger partial charge in [-0.15, -0.1) is 0 Å². The molecule has 1 aliphatic carbocycles. The van der Waals surface area contributed by atoms with Gasteiger partial charge in [-0.2, -0.15) is 0 Å². The van der Waals surface area contributed by atoms with Crippen molar-refractivity contribution < 1.29 is 14.6 Å². The molecule has 1 aliphatic rings. The van der Waals surface area contributed by atoms with E-state index >= 15 is 0 Å². The number of carbonyl (C=O) groups is 1. The SMILES string of the molecule is COc1ccc(C(=O)N(C)C(C)C2CC2)c(O)c1. The number of amides is 1. The summed E-state index contributed by atoms with van der Waals surface area (Å²) < 4.78 is 5.00. The van der Waals surface area contributed by atoms with E-state index in [1.165, 1.54) is 26.0 Å². The maximum Gasteiger partial charge on any atom is 0.257 e. The van der Waals surface area contributed by atoms with Gasteiger partial charge in [0, 0.05) is 19.2 Å². The lowest BCUT2D eigenvalue weighted by Gasteiger charge is -2.25. The molecule has 1 amide bonds. The number of benzene rings is 1. The van der Waals surface area contributed by atoms with E-state index in [0.29, 0.717) is 17.2 Å². The van der Waals surface area contributed by atoms with Crippen molar-refractivity contribution in [3.05, 3.63) is 23.8 Å². The molecule has 98 valence electrons. The Morgan fingerprint density at radius 3 is 2.67 bits per heavy atom. The second-order valence-corrected chi connectivity index (χ2v) is 4.88. The third-order valence-corrected chi connectivity index (χ3v) is 3.67. The summed E-state index contributed by atoms with van der Waals surface area (Å²) in [5, 5.41) is 9.85. The highest BCUT2D eigenvalue weighted by molar-refractivity contribution is 5.97. The fourth-order valence-corrected chi connectivity index (χ4v) is 2.09. The molecule has 0 aliphatic heterocycles. The molecule has 1 atom stereocenters. The highest BCUT2D eigenvalue weighted by atomic mass is 16.5. The number of carbonyl (C=O) groups excluding carboxylic acids is 1. The smallest absolute Gasteiger partial charge is 0.257 e. The molecule has 4 heteroatoms. The Bertz CT molecular complexity index is 454. The van der Waals surface area contributed by atoms with Crippen LogP contribution in [0, 0.1) is 5.92 Å². The van der Waals surface area contributed by atoms with Gasteiger partial charge in [-0.25, -0.2) is 0 Å². The van der Waals surface area contributed by atoms with E-state index in [2.05, 4.69) is 6.92 Å². The van der Waals surface area contributed by atoms with Crippen LogP contribution in [0.2, 0.25) is 0 Å². The predicted octanol–water partition coefficient (Wildman–Crippen LogP) is 2.27. The quantitative estimate of drug-likeness (QED) is 0.890. The van der Waals surface area contributed by atoms with E-state index in [0.717, 1.165) is 0 Å². The van der Waals surface area contributed by atoms with Crippen molar-refractivity contribution in [1.82, 2.24) is 4.90 Å². The summed E-state index contributed by atoms with van der Waals surface area (Å²) in [6.07, 6.45) is 2.38. The molecule has 0 radical (unpaired) electrons. The molecule has 1 aromatic carbocycles. The average Bonchev–Trinajstić information content (AvgIpc) is 3.20. The molecule has 2 rings (SSSR count). The molecular weight excluding hydrogens is 230 g/mol. The van der Waals surface area contributed by atoms with E-state index in [-0.39, 0.29) is 17.7 Å². The first kappa shape index (κ1) is 12.7. The minimum atomic E-state index is -0.144. The van der Waals surface area contributed by atoms with Crippen LogP contribution in [0.25, 0.3) is 0 Å². The summed E-state index contributed by atoms with van der Waals surface area (Å²) in [7, 11) is 3.31. The number of hydrogen-bond donors (Lipinski definition) is 1. The zero-order valence-corrected chi connectivity index (χ0v) is 11.0. The number of hydrogen-bond acceptors (Lipinski definition) is 3. The molecule has 1 aromatic rings. The molecule has 1 fully saturated rings. The van der Waals surface area contributed by atoms with E-state index in [4.69, 9.17) is 4.74 Å². The van der Waals surface area contributed by atoms with Crippen LogP contribution >= 0.6 is 0 Å². The zero-order chi connectivity index (χ0) is 13.3. The summed E-state index contributed by atoms with van der Waals surface area (Å²) in [5.41, 5.74) is 0.325. The molecular formula is C14H19NO3. The van der Waals surface area contributed by atoms with Crippen LogP contribution in [0.1, 0.15) is 30.1 Å². The Morgan fingerprint density at radius 1 is 1.50 bits per heavy atom. The molecule has 0 bridgehead atoms. The highest BCUT2D eigenvalue weighted by Gasteiger charge is 2.33. The minimum Gasteiger partial charge on any atom is -0.507 e. The van der Waals surface area contributed by atoms with E-state index in [9.17, 15) is 9.90 Å². The lowest BCUT2D eigenvalue weighted by atomic mass is 10.1. The van der Waals surface area contributed by atoms with Gasteiger partial charge in [0.05, 0.1) is 12.7 Å². The largest absolute Gasteiger partial charge is 0.507 e. The Morgan fingerprint density at radius 2 is 2.17 bits per heavy atom. The predicted molar refractivity (Wildman–Crippen MR) is 68.9 cm³/mol. The third-order valence-electron chi connectivity index (χ3n) is 3.67. The van der Waals surface area contributed by atoms with Crippen molar-refractivity contribution in [2.45, 2.75) is 25.8 Å². The fourth-order valence-electron chi connectivity index (χ4n) is 2.09. The molecule has 1 saturated carbocycles. The normalized spacial score (nSPS) is 16.2. The van der Waals surface area contributed by atoms with Crippen LogP contribution in [0.5, 0.6) is 11.5 Å². The van der Waals surface area contributed by atoms with Gasteiger partial charge in [0.2, 0.25) is 0 Å². The van der Waals surface area contributed by atoms with Gasteiger partial charge in [-0.05, 0) is 37.8 Å². The fraction of sp³-hybridized carbons (Fsp3) is 0.500. The number of phenols is 1. The molecule has 0 spiro atoms. The van der Waals surface area contributed by atoms with Gasteiger partial charge in [0.15, 0.2) is 0 Å². The van der Waals surface area contributed by atoms with Gasteiger partial charge in [0.25, 0.3) is 5.91 Å². The third kappa shape index (κ3) is 2.42. The maximum atomic E-state index is 12.3. The van der Waals surface area contributed by atoms with Crippen LogP contribution in [-0.2, 0) is 0 Å². The number of ether oxygens (including phenoxy) is 1. The summed E-state index contributed by atoms with van der Waals surface area (Å²) in [5.74, 6) is 0.977. The van der Waals surface area contributed by atoms with Crippen LogP contribution < -0.4 is 4.74 Å². The Kier molecular flexibility index (Phi) is 3.45. The molecule has 0 heterocycles. The van der Waals surface area contributed by atoms with Crippen molar-refractivity contribution in [1.29, 1.82) is 0 Å². The summed E-state index contributed by atoms with van der Waals surface area (Å²) in [6, 6.07) is 4.97. The number of aromatic hydroxyl groups is 1. The first-order valence-corrected chi connectivity index (χ1v) is 6.18. The van der Waals surface area contributed by atoms with Crippen molar-refractivity contribution in [2.24, 2.45) is 5.92 Å². The molecule has 1 N–H and O–H groups in total. The average molecular weight is 249 g/mol. The van der Waals surface area contributed by atoms with Crippen LogP contribution in [0.15, 0.2) is 18.2 Å². The van der Waals surface area contributed by atoms with Crippen molar-refractivity contribution in [3.63, 3.8) is 0 Å². The Balaban J connectivity index is 2.17. The minimum absolute atomic E-state index is 0.0332. The van der Waals surface area contributed by atoms with Crippen molar-refractivity contribution in [3.8, 4) is 11.5 Å². The van der Waals surface area contributed by atoms with Crippen LogP contribution in [-0.4, -0.2) is 36.1 Å². The second-order valence-electron chi connectivity index (χ2n) is 4.88. The lowest BCUT2D eigenvalue weighted by Crippen LogP contribution is -2.36. The Hall–Kier alpha value is -1.71. The highest BCUT2D eigenvalue weighted by Crippen LogP contribution is 2.35.